The van der Waals surface area contributed by atoms with Crippen LogP contribution in [0.1, 0.15) is 58.3 Å². The van der Waals surface area contributed by atoms with Gasteiger partial charge in [0.15, 0.2) is 0 Å². The molecule has 1 aromatic rings. The van der Waals surface area contributed by atoms with Gasteiger partial charge in [0.25, 0.3) is 0 Å². The van der Waals surface area contributed by atoms with Crippen molar-refractivity contribution in [1.82, 2.24) is 9.80 Å². The molecule has 6 aliphatic rings. The summed E-state index contributed by atoms with van der Waals surface area (Å²) in [4.78, 5) is 111. The fraction of sp³-hybridized carbons (Fsp3) is 0.588. The van der Waals surface area contributed by atoms with Crippen LogP contribution in [0.25, 0.3) is 0 Å². The Morgan fingerprint density at radius 1 is 0.638 bits per heavy atom. The number of amides is 8. The zero-order valence-corrected chi connectivity index (χ0v) is 26.7. The summed E-state index contributed by atoms with van der Waals surface area (Å²) in [5.74, 6) is -9.03. The summed E-state index contributed by atoms with van der Waals surface area (Å²) in [6.07, 6.45) is 3.94. The van der Waals surface area contributed by atoms with Crippen molar-refractivity contribution >= 4 is 58.6 Å². The van der Waals surface area contributed by atoms with Crippen LogP contribution in [0.5, 0.6) is 5.75 Å². The van der Waals surface area contributed by atoms with Gasteiger partial charge < -0.3 is 4.74 Å². The molecule has 0 radical (unpaired) electrons. The number of imide groups is 4. The first kappa shape index (κ1) is 31.2. The third kappa shape index (κ3) is 4.56. The topological polar surface area (TPSA) is 159 Å². The van der Waals surface area contributed by atoms with Crippen LogP contribution in [-0.2, 0) is 38.4 Å². The Labute approximate surface area is 271 Å². The minimum absolute atomic E-state index is 0.00768. The number of unbranched alkanes of at least 4 members (excludes halogenated alkanes) is 3. The molecule has 2 aliphatic carbocycles. The van der Waals surface area contributed by atoms with Gasteiger partial charge >= 0.3 is 0 Å². The Hall–Kier alpha value is -4.42. The number of ether oxygens (including phenoxy) is 1. The van der Waals surface area contributed by atoms with Gasteiger partial charge in [-0.05, 0) is 43.2 Å². The molecule has 4 saturated heterocycles. The Bertz CT molecular complexity index is 1640. The normalized spacial score (nSPS) is 33.3. The molecule has 8 unspecified atom stereocenters. The van der Waals surface area contributed by atoms with Gasteiger partial charge in [0, 0.05) is 44.8 Å². The molecule has 13 heteroatoms. The molecule has 0 aromatic heterocycles. The average Bonchev–Trinajstić information content (AvgIpc) is 3.58. The summed E-state index contributed by atoms with van der Waals surface area (Å²) < 4.78 is 6.17. The fourth-order valence-corrected chi connectivity index (χ4v) is 9.07. The summed E-state index contributed by atoms with van der Waals surface area (Å²) in [7, 11) is 2.80. The predicted octanol–water partition coefficient (Wildman–Crippen LogP) is 1.91. The molecule has 47 heavy (non-hydrogen) atoms. The van der Waals surface area contributed by atoms with E-state index in [-0.39, 0.29) is 61.2 Å². The highest BCUT2D eigenvalue weighted by Crippen LogP contribution is 2.54. The second-order valence-electron chi connectivity index (χ2n) is 13.9. The molecule has 248 valence electrons. The summed E-state index contributed by atoms with van der Waals surface area (Å²) in [6.45, 7) is 2.33. The lowest BCUT2D eigenvalue weighted by Gasteiger charge is -2.35. The SMILES string of the molecule is CCCCCCOc1cc(N2C(=O)CC3C4CC(C(=O)N(C)C4=O)C3C2=O)ccc1N1C(=O)C2CC(C1=O)C1C(=O)N(C)C(=O)CC21. The summed E-state index contributed by atoms with van der Waals surface area (Å²) in [5, 5.41) is 0. The molecule has 6 fully saturated rings. The third-order valence-electron chi connectivity index (χ3n) is 11.5. The maximum absolute atomic E-state index is 14.0. The number of piperidine rings is 4. The Morgan fingerprint density at radius 2 is 1.23 bits per heavy atom. The molecule has 4 bridgehead atoms. The molecule has 8 amide bonds. The van der Waals surface area contributed by atoms with Crippen molar-refractivity contribution in [1.29, 1.82) is 0 Å². The zero-order valence-electron chi connectivity index (χ0n) is 26.7. The number of carbonyl (C=O) groups is 8. The number of rotatable bonds is 8. The zero-order chi connectivity index (χ0) is 33.5. The largest absolute Gasteiger partial charge is 0.491 e. The molecule has 1 aromatic carbocycles. The molecule has 0 N–H and O–H groups in total. The van der Waals surface area contributed by atoms with Crippen molar-refractivity contribution in [3.8, 4) is 5.75 Å². The maximum atomic E-state index is 14.0. The Balaban J connectivity index is 1.23. The van der Waals surface area contributed by atoms with Gasteiger partial charge in [-0.3, -0.25) is 53.1 Å². The third-order valence-corrected chi connectivity index (χ3v) is 11.5. The number of carbonyl (C=O) groups excluding carboxylic acids is 8. The van der Waals surface area contributed by atoms with Crippen LogP contribution in [0.15, 0.2) is 18.2 Å². The number of hydrogen-bond acceptors (Lipinski definition) is 9. The van der Waals surface area contributed by atoms with E-state index in [0.29, 0.717) is 6.42 Å². The Morgan fingerprint density at radius 3 is 1.94 bits per heavy atom. The number of fused-ring (bicyclic) bond motifs is 10. The van der Waals surface area contributed by atoms with Crippen LogP contribution in [-0.4, -0.2) is 77.8 Å². The highest BCUT2D eigenvalue weighted by molar-refractivity contribution is 6.23. The molecular formula is C34H38N4O9. The van der Waals surface area contributed by atoms with Crippen LogP contribution in [0, 0.1) is 47.3 Å². The molecule has 2 saturated carbocycles. The maximum Gasteiger partial charge on any atom is 0.237 e. The smallest absolute Gasteiger partial charge is 0.237 e. The van der Waals surface area contributed by atoms with Gasteiger partial charge in [0.1, 0.15) is 5.75 Å². The minimum atomic E-state index is -0.820. The number of hydrogen-bond donors (Lipinski definition) is 0. The van der Waals surface area contributed by atoms with Crippen molar-refractivity contribution in [3.63, 3.8) is 0 Å². The van der Waals surface area contributed by atoms with E-state index in [2.05, 4.69) is 6.92 Å². The first-order valence-electron chi connectivity index (χ1n) is 16.6. The van der Waals surface area contributed by atoms with Gasteiger partial charge in [0.2, 0.25) is 47.3 Å². The van der Waals surface area contributed by atoms with Gasteiger partial charge in [-0.2, -0.15) is 0 Å². The van der Waals surface area contributed by atoms with E-state index in [4.69, 9.17) is 4.74 Å². The van der Waals surface area contributed by atoms with Crippen molar-refractivity contribution in [2.45, 2.75) is 58.3 Å². The van der Waals surface area contributed by atoms with Crippen LogP contribution in [0.3, 0.4) is 0 Å². The lowest BCUT2D eigenvalue weighted by atomic mass is 9.80. The summed E-state index contributed by atoms with van der Waals surface area (Å²) >= 11 is 0. The number of benzene rings is 1. The molecule has 13 nitrogen and oxygen atoms in total. The molecule has 0 spiro atoms. The average molecular weight is 647 g/mol. The van der Waals surface area contributed by atoms with E-state index in [1.807, 2.05) is 0 Å². The van der Waals surface area contributed by atoms with Gasteiger partial charge in [-0.25, -0.2) is 4.90 Å². The van der Waals surface area contributed by atoms with E-state index < -0.39 is 82.8 Å². The van der Waals surface area contributed by atoms with E-state index in [0.717, 1.165) is 38.9 Å². The summed E-state index contributed by atoms with van der Waals surface area (Å²) in [6, 6.07) is 4.42. The number of anilines is 2. The van der Waals surface area contributed by atoms with E-state index in [1.165, 1.54) is 32.3 Å². The second-order valence-corrected chi connectivity index (χ2v) is 13.9. The highest BCUT2D eigenvalue weighted by Gasteiger charge is 2.63. The number of nitrogens with zero attached hydrogens (tertiary/aromatic N) is 4. The van der Waals surface area contributed by atoms with Gasteiger partial charge in [-0.1, -0.05) is 26.2 Å². The van der Waals surface area contributed by atoms with E-state index in [9.17, 15) is 38.4 Å². The predicted molar refractivity (Wildman–Crippen MR) is 163 cm³/mol. The van der Waals surface area contributed by atoms with Gasteiger partial charge in [0.05, 0.1) is 41.7 Å². The summed E-state index contributed by atoms with van der Waals surface area (Å²) in [5.41, 5.74) is 0.323. The van der Waals surface area contributed by atoms with Crippen molar-refractivity contribution in [3.05, 3.63) is 18.2 Å². The fourth-order valence-electron chi connectivity index (χ4n) is 9.07. The molecule has 7 rings (SSSR count). The van der Waals surface area contributed by atoms with Crippen molar-refractivity contribution in [2.24, 2.45) is 47.3 Å². The molecule has 4 aliphatic heterocycles. The van der Waals surface area contributed by atoms with Crippen LogP contribution in [0.2, 0.25) is 0 Å². The molecule has 8 atom stereocenters. The van der Waals surface area contributed by atoms with E-state index >= 15 is 0 Å². The molecule has 4 heterocycles. The quantitative estimate of drug-likeness (QED) is 0.304. The van der Waals surface area contributed by atoms with Crippen LogP contribution >= 0.6 is 0 Å². The first-order valence-corrected chi connectivity index (χ1v) is 16.6. The van der Waals surface area contributed by atoms with E-state index in [1.54, 1.807) is 0 Å². The molecular weight excluding hydrogens is 608 g/mol. The van der Waals surface area contributed by atoms with Crippen LogP contribution < -0.4 is 14.5 Å². The standard InChI is InChI=1S/C34H38N4O9/c1-4-5-6-7-10-47-24-11-16(37-26(40)15-18-19-12-21(28(18)34(37)46)30(42)36(3)29(19)41)8-9-23(24)38-31(43)20-13-22(32(38)44)27-17(20)14-25(39)35(2)33(27)45/h8-9,11,17-22,27-28H,4-7,10,12-15H2,1-3H3. The second kappa shape index (κ2) is 11.4. The first-order chi connectivity index (χ1) is 22.5. The minimum Gasteiger partial charge on any atom is -0.491 e. The van der Waals surface area contributed by atoms with Crippen molar-refractivity contribution in [2.75, 3.05) is 30.5 Å². The highest BCUT2D eigenvalue weighted by atomic mass is 16.5. The Kier molecular flexibility index (Phi) is 7.55. The monoisotopic (exact) mass is 646 g/mol. The lowest BCUT2D eigenvalue weighted by Crippen LogP contribution is -2.51. The van der Waals surface area contributed by atoms with Crippen LogP contribution in [0.4, 0.5) is 11.4 Å². The number of likely N-dealkylation sites (tertiary alicyclic amines) is 2. The van der Waals surface area contributed by atoms with Gasteiger partial charge in [-0.15, -0.1) is 0 Å². The lowest BCUT2D eigenvalue weighted by molar-refractivity contribution is -0.155. The van der Waals surface area contributed by atoms with Crippen molar-refractivity contribution < 1.29 is 43.1 Å².